The van der Waals surface area contributed by atoms with Gasteiger partial charge in [-0.1, -0.05) is 12.1 Å². The van der Waals surface area contributed by atoms with E-state index in [1.165, 1.54) is 0 Å². The zero-order valence-corrected chi connectivity index (χ0v) is 12.4. The monoisotopic (exact) mass is 277 g/mol. The molecule has 0 aliphatic heterocycles. The van der Waals surface area contributed by atoms with Gasteiger partial charge in [-0.3, -0.25) is 4.79 Å². The minimum Gasteiger partial charge on any atom is -0.484 e. The molecule has 0 spiro atoms. The molecular formula is C16H23NO3. The molecule has 1 aliphatic carbocycles. The minimum absolute atomic E-state index is 0.0431. The number of hydrogen-bond acceptors (Lipinski definition) is 3. The van der Waals surface area contributed by atoms with E-state index in [9.17, 15) is 9.90 Å². The van der Waals surface area contributed by atoms with Crippen LogP contribution in [0.25, 0.3) is 0 Å². The van der Waals surface area contributed by atoms with Crippen LogP contribution in [0, 0.1) is 0 Å². The van der Waals surface area contributed by atoms with Crippen LogP contribution in [0.2, 0.25) is 0 Å². The highest BCUT2D eigenvalue weighted by molar-refractivity contribution is 5.78. The van der Waals surface area contributed by atoms with Crippen LogP contribution >= 0.6 is 0 Å². The third-order valence-electron chi connectivity index (χ3n) is 3.57. The first-order valence-corrected chi connectivity index (χ1v) is 7.17. The van der Waals surface area contributed by atoms with Crippen LogP contribution in [-0.4, -0.2) is 35.1 Å². The highest BCUT2D eigenvalue weighted by Gasteiger charge is 2.31. The second-order valence-electron chi connectivity index (χ2n) is 5.78. The zero-order chi connectivity index (χ0) is 14.8. The molecule has 1 saturated carbocycles. The maximum Gasteiger partial charge on any atom is 0.260 e. The number of ether oxygens (including phenoxy) is 1. The van der Waals surface area contributed by atoms with Crippen LogP contribution in [0.5, 0.6) is 5.75 Å². The van der Waals surface area contributed by atoms with E-state index in [-0.39, 0.29) is 12.5 Å². The normalized spacial score (nSPS) is 15.0. The molecule has 0 aromatic heterocycles. The van der Waals surface area contributed by atoms with Gasteiger partial charge >= 0.3 is 0 Å². The third-order valence-corrected chi connectivity index (χ3v) is 3.57. The van der Waals surface area contributed by atoms with Gasteiger partial charge in [-0.05, 0) is 51.3 Å². The molecular weight excluding hydrogens is 254 g/mol. The van der Waals surface area contributed by atoms with Crippen molar-refractivity contribution in [3.05, 3.63) is 29.8 Å². The highest BCUT2D eigenvalue weighted by atomic mass is 16.5. The third kappa shape index (κ3) is 3.73. The fraction of sp³-hybridized carbons (Fsp3) is 0.562. The Morgan fingerprint density at radius 2 is 1.95 bits per heavy atom. The number of rotatable bonds is 6. The van der Waals surface area contributed by atoms with Gasteiger partial charge in [0, 0.05) is 12.6 Å². The summed E-state index contributed by atoms with van der Waals surface area (Å²) >= 11 is 0. The molecule has 20 heavy (non-hydrogen) atoms. The van der Waals surface area contributed by atoms with Crippen LogP contribution in [0.4, 0.5) is 0 Å². The van der Waals surface area contributed by atoms with Gasteiger partial charge in [-0.25, -0.2) is 0 Å². The van der Waals surface area contributed by atoms with Gasteiger partial charge in [0.1, 0.15) is 5.75 Å². The van der Waals surface area contributed by atoms with Crippen LogP contribution in [0.1, 0.15) is 39.2 Å². The van der Waals surface area contributed by atoms with Crippen molar-refractivity contribution in [2.75, 3.05) is 13.2 Å². The predicted molar refractivity (Wildman–Crippen MR) is 77.6 cm³/mol. The Morgan fingerprint density at radius 1 is 1.35 bits per heavy atom. The first-order chi connectivity index (χ1) is 9.41. The molecule has 0 heterocycles. The maximum atomic E-state index is 12.0. The summed E-state index contributed by atoms with van der Waals surface area (Å²) in [5.41, 5.74) is -0.0383. The Bertz CT molecular complexity index is 458. The summed E-state index contributed by atoms with van der Waals surface area (Å²) in [6, 6.07) is 7.63. The second-order valence-corrected chi connectivity index (χ2v) is 5.78. The van der Waals surface area contributed by atoms with E-state index in [4.69, 9.17) is 4.74 Å². The Kier molecular flexibility index (Phi) is 4.33. The molecule has 0 unspecified atom stereocenters. The number of aliphatic hydroxyl groups is 1. The van der Waals surface area contributed by atoms with Gasteiger partial charge in [0.25, 0.3) is 5.91 Å². The largest absolute Gasteiger partial charge is 0.484 e. The van der Waals surface area contributed by atoms with Crippen LogP contribution < -0.4 is 4.74 Å². The first kappa shape index (κ1) is 14.9. The smallest absolute Gasteiger partial charge is 0.260 e. The molecule has 1 aromatic rings. The van der Waals surface area contributed by atoms with Crippen molar-refractivity contribution in [1.29, 1.82) is 0 Å². The highest BCUT2D eigenvalue weighted by Crippen LogP contribution is 2.27. The van der Waals surface area contributed by atoms with E-state index in [0.717, 1.165) is 24.9 Å². The van der Waals surface area contributed by atoms with E-state index < -0.39 is 5.60 Å². The molecule has 1 fully saturated rings. The van der Waals surface area contributed by atoms with E-state index in [0.29, 0.717) is 11.8 Å². The average Bonchev–Trinajstić information content (AvgIpc) is 3.21. The van der Waals surface area contributed by atoms with Gasteiger partial charge in [0.05, 0.1) is 5.60 Å². The standard InChI is InChI=1S/C16H23NO3/c1-4-17(13-7-8-13)15(18)11-20-14-9-5-12(6-10-14)16(2,3)19/h5-6,9-10,13,19H,4,7-8,11H2,1-3H3. The number of carbonyl (C=O) groups is 1. The quantitative estimate of drug-likeness (QED) is 0.868. The lowest BCUT2D eigenvalue weighted by Gasteiger charge is -2.21. The molecule has 1 N–H and O–H groups in total. The van der Waals surface area contributed by atoms with Crippen molar-refractivity contribution in [3.63, 3.8) is 0 Å². The Hall–Kier alpha value is -1.55. The molecule has 1 aromatic carbocycles. The topological polar surface area (TPSA) is 49.8 Å². The summed E-state index contributed by atoms with van der Waals surface area (Å²) in [7, 11) is 0. The van der Waals surface area contributed by atoms with Crippen molar-refractivity contribution in [3.8, 4) is 5.75 Å². The Balaban J connectivity index is 1.89. The van der Waals surface area contributed by atoms with Crippen molar-refractivity contribution in [1.82, 2.24) is 4.90 Å². The first-order valence-electron chi connectivity index (χ1n) is 7.17. The number of benzene rings is 1. The number of likely N-dealkylation sites (N-methyl/N-ethyl adjacent to an activating group) is 1. The lowest BCUT2D eigenvalue weighted by molar-refractivity contribution is -0.133. The zero-order valence-electron chi connectivity index (χ0n) is 12.4. The Morgan fingerprint density at radius 3 is 2.40 bits per heavy atom. The molecule has 4 nitrogen and oxygen atoms in total. The van der Waals surface area contributed by atoms with Crippen LogP contribution in [0.3, 0.4) is 0 Å². The van der Waals surface area contributed by atoms with E-state index in [1.54, 1.807) is 26.0 Å². The van der Waals surface area contributed by atoms with Crippen molar-refractivity contribution >= 4 is 5.91 Å². The predicted octanol–water partition coefficient (Wildman–Crippen LogP) is 2.30. The molecule has 0 radical (unpaired) electrons. The van der Waals surface area contributed by atoms with Gasteiger partial charge in [0.15, 0.2) is 6.61 Å². The molecule has 0 saturated heterocycles. The van der Waals surface area contributed by atoms with E-state index in [2.05, 4.69) is 0 Å². The second kappa shape index (κ2) is 5.83. The number of nitrogens with zero attached hydrogens (tertiary/aromatic N) is 1. The summed E-state index contributed by atoms with van der Waals surface area (Å²) in [4.78, 5) is 13.9. The lowest BCUT2D eigenvalue weighted by atomic mass is 9.99. The molecule has 1 aliphatic rings. The summed E-state index contributed by atoms with van der Waals surface area (Å²) in [6.45, 7) is 6.29. The summed E-state index contributed by atoms with van der Waals surface area (Å²) < 4.78 is 5.52. The fourth-order valence-corrected chi connectivity index (χ4v) is 2.21. The molecule has 2 rings (SSSR count). The Labute approximate surface area is 120 Å². The van der Waals surface area contributed by atoms with Crippen molar-refractivity contribution in [2.45, 2.75) is 45.3 Å². The number of amides is 1. The maximum absolute atomic E-state index is 12.0. The fourth-order valence-electron chi connectivity index (χ4n) is 2.21. The SMILES string of the molecule is CCN(C(=O)COc1ccc(C(C)(C)O)cc1)C1CC1. The van der Waals surface area contributed by atoms with Crippen LogP contribution in [0.15, 0.2) is 24.3 Å². The van der Waals surface area contributed by atoms with Crippen molar-refractivity contribution in [2.24, 2.45) is 0 Å². The number of hydrogen-bond donors (Lipinski definition) is 1. The van der Waals surface area contributed by atoms with E-state index in [1.807, 2.05) is 24.0 Å². The lowest BCUT2D eigenvalue weighted by Crippen LogP contribution is -2.36. The van der Waals surface area contributed by atoms with Gasteiger partial charge in [-0.15, -0.1) is 0 Å². The van der Waals surface area contributed by atoms with Gasteiger partial charge < -0.3 is 14.7 Å². The van der Waals surface area contributed by atoms with Gasteiger partial charge in [-0.2, -0.15) is 0 Å². The van der Waals surface area contributed by atoms with Gasteiger partial charge in [0.2, 0.25) is 0 Å². The molecule has 110 valence electrons. The minimum atomic E-state index is -0.862. The van der Waals surface area contributed by atoms with Crippen LogP contribution in [-0.2, 0) is 10.4 Å². The van der Waals surface area contributed by atoms with Crippen molar-refractivity contribution < 1.29 is 14.6 Å². The molecule has 4 heteroatoms. The average molecular weight is 277 g/mol. The summed E-state index contributed by atoms with van der Waals surface area (Å²) in [5.74, 6) is 0.694. The number of carbonyl (C=O) groups excluding carboxylic acids is 1. The molecule has 1 amide bonds. The summed E-state index contributed by atoms with van der Waals surface area (Å²) in [5, 5.41) is 9.87. The molecule has 0 atom stereocenters. The summed E-state index contributed by atoms with van der Waals surface area (Å²) in [6.07, 6.45) is 2.22. The van der Waals surface area contributed by atoms with E-state index >= 15 is 0 Å². The molecule has 0 bridgehead atoms.